The van der Waals surface area contributed by atoms with Crippen molar-refractivity contribution in [3.8, 4) is 0 Å². The van der Waals surface area contributed by atoms with Crippen molar-refractivity contribution in [2.24, 2.45) is 0 Å². The number of pyridine rings is 1. The number of aryl methyl sites for hydroxylation is 1. The van der Waals surface area contributed by atoms with Gasteiger partial charge in [-0.15, -0.1) is 0 Å². The summed E-state index contributed by atoms with van der Waals surface area (Å²) < 4.78 is 31.5. The fraction of sp³-hybridized carbons (Fsp3) is 0.611. The van der Waals surface area contributed by atoms with Gasteiger partial charge in [-0.05, 0) is 46.0 Å². The second-order valence-corrected chi connectivity index (χ2v) is 7.25. The van der Waals surface area contributed by atoms with Gasteiger partial charge in [0.15, 0.2) is 0 Å². The van der Waals surface area contributed by atoms with Crippen LogP contribution in [0.3, 0.4) is 0 Å². The van der Waals surface area contributed by atoms with Crippen LogP contribution in [0.15, 0.2) is 12.3 Å². The zero-order valence-electron chi connectivity index (χ0n) is 14.4. The Morgan fingerprint density at radius 2 is 1.96 bits per heavy atom. The van der Waals surface area contributed by atoms with E-state index in [9.17, 15) is 8.78 Å². The molecule has 0 spiro atoms. The van der Waals surface area contributed by atoms with Gasteiger partial charge in [-0.2, -0.15) is 8.78 Å². The van der Waals surface area contributed by atoms with Gasteiger partial charge in [0.25, 0.3) is 0 Å². The molecule has 2 aromatic rings. The molecule has 24 heavy (non-hydrogen) atoms. The number of likely N-dealkylation sites (N-methyl/N-ethyl adjacent to an activating group) is 1. The average Bonchev–Trinajstić information content (AvgIpc) is 3.11. The van der Waals surface area contributed by atoms with Gasteiger partial charge in [-0.3, -0.25) is 9.88 Å². The third-order valence-electron chi connectivity index (χ3n) is 5.27. The summed E-state index contributed by atoms with van der Waals surface area (Å²) >= 11 is 0. The van der Waals surface area contributed by atoms with E-state index < -0.39 is 5.92 Å². The van der Waals surface area contributed by atoms with E-state index in [1.165, 1.54) is 12.8 Å². The predicted octanol–water partition coefficient (Wildman–Crippen LogP) is 2.98. The first-order chi connectivity index (χ1) is 11.5. The molecule has 0 N–H and O–H groups in total. The minimum Gasteiger partial charge on any atom is -0.337 e. The highest BCUT2D eigenvalue weighted by Crippen LogP contribution is 2.41. The number of likely N-dealkylation sites (tertiary alicyclic amines) is 1. The standard InChI is InChI=1S/C18H24F2N4/c1-13-9-14-15-11-22(2)12-18(19,20)17(15)24(16(14)10-21-13)8-7-23-5-3-4-6-23/h9-10H,3-8,11-12H2,1-2H3. The Balaban J connectivity index is 1.82. The van der Waals surface area contributed by atoms with Crippen LogP contribution in [0.2, 0.25) is 0 Å². The molecule has 1 saturated heterocycles. The maximum Gasteiger partial charge on any atom is 0.300 e. The molecule has 4 rings (SSSR count). The fourth-order valence-corrected chi connectivity index (χ4v) is 4.22. The summed E-state index contributed by atoms with van der Waals surface area (Å²) in [6, 6.07) is 1.95. The normalized spacial score (nSPS) is 21.5. The van der Waals surface area contributed by atoms with Gasteiger partial charge in [0.1, 0.15) is 0 Å². The zero-order valence-corrected chi connectivity index (χ0v) is 14.4. The molecule has 4 nitrogen and oxygen atoms in total. The van der Waals surface area contributed by atoms with E-state index in [-0.39, 0.29) is 12.2 Å². The topological polar surface area (TPSA) is 24.3 Å². The summed E-state index contributed by atoms with van der Waals surface area (Å²) in [4.78, 5) is 8.44. The van der Waals surface area contributed by atoms with Gasteiger partial charge in [-0.1, -0.05) is 0 Å². The first-order valence-electron chi connectivity index (χ1n) is 8.72. The van der Waals surface area contributed by atoms with Gasteiger partial charge in [0, 0.05) is 36.3 Å². The minimum atomic E-state index is -2.82. The van der Waals surface area contributed by atoms with Gasteiger partial charge in [0.2, 0.25) is 0 Å². The third kappa shape index (κ3) is 2.62. The molecule has 1 fully saturated rings. The summed E-state index contributed by atoms with van der Waals surface area (Å²) in [6.45, 7) is 5.87. The molecule has 0 bridgehead atoms. The van der Waals surface area contributed by atoms with Crippen LogP contribution in [-0.4, -0.2) is 52.6 Å². The van der Waals surface area contributed by atoms with Gasteiger partial charge in [0.05, 0.1) is 24.0 Å². The summed E-state index contributed by atoms with van der Waals surface area (Å²) in [5, 5.41) is 0.935. The van der Waals surface area contributed by atoms with Crippen LogP contribution in [0.4, 0.5) is 8.78 Å². The number of alkyl halides is 2. The molecule has 0 atom stereocenters. The molecule has 2 aliphatic heterocycles. The Bertz CT molecular complexity index is 762. The van der Waals surface area contributed by atoms with Gasteiger partial charge >= 0.3 is 5.92 Å². The van der Waals surface area contributed by atoms with Crippen molar-refractivity contribution in [2.45, 2.75) is 38.8 Å². The van der Waals surface area contributed by atoms with Crippen LogP contribution in [0.25, 0.3) is 10.9 Å². The molecule has 0 amide bonds. The number of rotatable bonds is 3. The van der Waals surface area contributed by atoms with Crippen molar-refractivity contribution in [3.05, 3.63) is 29.2 Å². The van der Waals surface area contributed by atoms with Crippen LogP contribution < -0.4 is 0 Å². The van der Waals surface area contributed by atoms with Crippen LogP contribution >= 0.6 is 0 Å². The van der Waals surface area contributed by atoms with Crippen molar-refractivity contribution in [1.82, 2.24) is 19.4 Å². The van der Waals surface area contributed by atoms with E-state index in [1.807, 2.05) is 17.6 Å². The molecule has 6 heteroatoms. The van der Waals surface area contributed by atoms with E-state index in [1.54, 1.807) is 18.1 Å². The van der Waals surface area contributed by atoms with Crippen LogP contribution in [0.5, 0.6) is 0 Å². The maximum atomic E-state index is 14.9. The predicted molar refractivity (Wildman–Crippen MR) is 90.4 cm³/mol. The van der Waals surface area contributed by atoms with E-state index >= 15 is 0 Å². The molecule has 0 saturated carbocycles. The summed E-state index contributed by atoms with van der Waals surface area (Å²) in [5.41, 5.74) is 2.70. The molecule has 0 unspecified atom stereocenters. The Morgan fingerprint density at radius 1 is 1.21 bits per heavy atom. The summed E-state index contributed by atoms with van der Waals surface area (Å²) in [7, 11) is 1.76. The van der Waals surface area contributed by atoms with Crippen molar-refractivity contribution in [1.29, 1.82) is 0 Å². The highest BCUT2D eigenvalue weighted by Gasteiger charge is 2.43. The highest BCUT2D eigenvalue weighted by atomic mass is 19.3. The maximum absolute atomic E-state index is 14.9. The van der Waals surface area contributed by atoms with Crippen molar-refractivity contribution in [3.63, 3.8) is 0 Å². The Hall–Kier alpha value is -1.53. The van der Waals surface area contributed by atoms with Crippen molar-refractivity contribution in [2.75, 3.05) is 33.2 Å². The van der Waals surface area contributed by atoms with E-state index in [4.69, 9.17) is 0 Å². The van der Waals surface area contributed by atoms with Crippen LogP contribution in [0, 0.1) is 6.92 Å². The lowest BCUT2D eigenvalue weighted by Gasteiger charge is -2.31. The molecular weight excluding hydrogens is 310 g/mol. The Morgan fingerprint density at radius 3 is 2.71 bits per heavy atom. The van der Waals surface area contributed by atoms with E-state index in [2.05, 4.69) is 9.88 Å². The first kappa shape index (κ1) is 16.0. The smallest absolute Gasteiger partial charge is 0.300 e. The van der Waals surface area contributed by atoms with Crippen LogP contribution in [-0.2, 0) is 19.0 Å². The SMILES string of the molecule is Cc1cc2c3c(n(CCN4CCCC4)c2cn1)C(F)(F)CN(C)C3. The number of halogens is 2. The second kappa shape index (κ2) is 5.77. The monoisotopic (exact) mass is 334 g/mol. The Labute approximate surface area is 141 Å². The minimum absolute atomic E-state index is 0.210. The summed E-state index contributed by atoms with van der Waals surface area (Å²) in [6.07, 6.45) is 4.20. The van der Waals surface area contributed by atoms with Gasteiger partial charge in [-0.25, -0.2) is 0 Å². The zero-order chi connectivity index (χ0) is 16.9. The molecule has 0 aliphatic carbocycles. The van der Waals surface area contributed by atoms with Crippen LogP contribution in [0.1, 0.15) is 29.8 Å². The molecule has 0 radical (unpaired) electrons. The third-order valence-corrected chi connectivity index (χ3v) is 5.27. The molecule has 2 aromatic heterocycles. The highest BCUT2D eigenvalue weighted by molar-refractivity contribution is 5.86. The molecule has 0 aromatic carbocycles. The molecular formula is C18H24F2N4. The second-order valence-electron chi connectivity index (χ2n) is 7.25. The molecule has 4 heterocycles. The van der Waals surface area contributed by atoms with Crippen molar-refractivity contribution < 1.29 is 8.78 Å². The number of hydrogen-bond donors (Lipinski definition) is 0. The summed E-state index contributed by atoms with van der Waals surface area (Å²) in [5.74, 6) is -2.82. The fourth-order valence-electron chi connectivity index (χ4n) is 4.22. The quantitative estimate of drug-likeness (QED) is 0.862. The lowest BCUT2D eigenvalue weighted by atomic mass is 10.0. The van der Waals surface area contributed by atoms with Crippen molar-refractivity contribution >= 4 is 10.9 Å². The molecule has 130 valence electrons. The Kier molecular flexibility index (Phi) is 3.84. The lowest BCUT2D eigenvalue weighted by Crippen LogP contribution is -2.39. The number of aromatic nitrogens is 2. The van der Waals surface area contributed by atoms with Gasteiger partial charge < -0.3 is 9.47 Å². The van der Waals surface area contributed by atoms with E-state index in [0.29, 0.717) is 13.1 Å². The number of nitrogens with zero attached hydrogens (tertiary/aromatic N) is 4. The largest absolute Gasteiger partial charge is 0.337 e. The molecule has 2 aliphatic rings. The average molecular weight is 334 g/mol. The number of hydrogen-bond acceptors (Lipinski definition) is 3. The number of fused-ring (bicyclic) bond motifs is 3. The van der Waals surface area contributed by atoms with E-state index in [0.717, 1.165) is 41.8 Å². The first-order valence-corrected chi connectivity index (χ1v) is 8.72. The lowest BCUT2D eigenvalue weighted by molar-refractivity contribution is -0.0520.